The minimum atomic E-state index is -5.08. The zero-order valence-corrected chi connectivity index (χ0v) is 22.4. The fourth-order valence-electron chi connectivity index (χ4n) is 5.00. The Hall–Kier alpha value is -3.42. The largest absolute Gasteiger partial charge is 0.490 e. The highest BCUT2D eigenvalue weighted by atomic mass is 19.4. The average Bonchev–Trinajstić information content (AvgIpc) is 3.13. The summed E-state index contributed by atoms with van der Waals surface area (Å²) in [6.07, 6.45) is -3.99. The number of piperidine rings is 1. The summed E-state index contributed by atoms with van der Waals surface area (Å²) in [5, 5.41) is 25.5. The Morgan fingerprint density at radius 3 is 1.83 bits per heavy atom. The van der Waals surface area contributed by atoms with E-state index in [1.165, 1.54) is 16.7 Å². The quantitative estimate of drug-likeness (QED) is 0.432. The van der Waals surface area contributed by atoms with Crippen LogP contribution in [0, 0.1) is 0 Å². The van der Waals surface area contributed by atoms with E-state index in [0.717, 1.165) is 32.5 Å². The molecule has 3 N–H and O–H groups in total. The molecule has 0 unspecified atom stereocenters. The lowest BCUT2D eigenvalue weighted by Crippen LogP contribution is -2.49. The summed E-state index contributed by atoms with van der Waals surface area (Å²) in [6, 6.07) is 19.2. The van der Waals surface area contributed by atoms with Crippen molar-refractivity contribution in [3.63, 3.8) is 0 Å². The second-order valence-electron chi connectivity index (χ2n) is 9.82. The number of nitrogens with zero attached hydrogens (tertiary/aromatic N) is 2. The van der Waals surface area contributed by atoms with Gasteiger partial charge in [0.25, 0.3) is 0 Å². The summed E-state index contributed by atoms with van der Waals surface area (Å²) < 4.78 is 63.5. The van der Waals surface area contributed by atoms with Crippen molar-refractivity contribution in [2.45, 2.75) is 42.8 Å². The van der Waals surface area contributed by atoms with E-state index in [4.69, 9.17) is 19.8 Å². The van der Waals surface area contributed by atoms with E-state index < -0.39 is 24.3 Å². The summed E-state index contributed by atoms with van der Waals surface area (Å²) in [4.78, 5) is 22.5. The van der Waals surface area contributed by atoms with Gasteiger partial charge in [-0.2, -0.15) is 26.3 Å². The predicted molar refractivity (Wildman–Crippen MR) is 139 cm³/mol. The highest BCUT2D eigenvalue weighted by Crippen LogP contribution is 2.52. The van der Waals surface area contributed by atoms with Gasteiger partial charge in [-0.25, -0.2) is 9.59 Å². The normalized spacial score (nSPS) is 20.1. The third-order valence-corrected chi connectivity index (χ3v) is 6.94. The van der Waals surface area contributed by atoms with Crippen LogP contribution in [0.25, 0.3) is 6.08 Å². The van der Waals surface area contributed by atoms with Crippen LogP contribution in [-0.4, -0.2) is 89.2 Å². The lowest BCUT2D eigenvalue weighted by atomic mass is 9.72. The van der Waals surface area contributed by atoms with E-state index in [9.17, 15) is 31.4 Å². The number of aliphatic carboxylic acids is 2. The first-order chi connectivity index (χ1) is 19.0. The standard InChI is InChI=1S/C24H30N2O.2C2HF3O2/c1-25(2)22-20-12-6-7-13-21(20)24(23(22)27)14-17-26(18-15-24)16-8-11-19-9-4-3-5-10-19;2*3-2(4,5)1(6)7/h3-13,22-23,27H,14-18H2,1-2H3;2*(H,6,7)/t22-,23+;;/m1../s1. The summed E-state index contributed by atoms with van der Waals surface area (Å²) in [7, 11) is 4.15. The number of likely N-dealkylation sites (N-methyl/N-ethyl adjacent to an activating group) is 1. The molecule has 2 aromatic rings. The minimum Gasteiger partial charge on any atom is -0.475 e. The van der Waals surface area contributed by atoms with E-state index in [1.807, 2.05) is 6.07 Å². The minimum absolute atomic E-state index is 0.0921. The van der Waals surface area contributed by atoms with Crippen molar-refractivity contribution >= 4 is 18.0 Å². The van der Waals surface area contributed by atoms with Crippen LogP contribution < -0.4 is 0 Å². The SMILES string of the molecule is CN(C)[C@@H]1c2ccccc2C2(CCN(CC=Cc3ccccc3)CC2)[C@H]1O.O=C(O)C(F)(F)F.O=C(O)C(F)(F)F. The van der Waals surface area contributed by atoms with Crippen LogP contribution in [0.15, 0.2) is 60.7 Å². The Morgan fingerprint density at radius 1 is 0.902 bits per heavy atom. The Kier molecular flexibility index (Phi) is 11.5. The number of alkyl halides is 6. The molecule has 0 saturated carbocycles. The van der Waals surface area contributed by atoms with Crippen molar-refractivity contribution in [2.75, 3.05) is 33.7 Å². The monoisotopic (exact) mass is 590 g/mol. The number of benzene rings is 2. The van der Waals surface area contributed by atoms with Crippen LogP contribution in [-0.2, 0) is 15.0 Å². The molecule has 41 heavy (non-hydrogen) atoms. The molecule has 13 heteroatoms. The van der Waals surface area contributed by atoms with Gasteiger partial charge < -0.3 is 20.2 Å². The molecule has 2 aliphatic rings. The number of hydrogen-bond acceptors (Lipinski definition) is 5. The van der Waals surface area contributed by atoms with Crippen molar-refractivity contribution in [1.29, 1.82) is 0 Å². The van der Waals surface area contributed by atoms with Crippen molar-refractivity contribution in [1.82, 2.24) is 9.80 Å². The first-order valence-electron chi connectivity index (χ1n) is 12.5. The Labute approximate surface area is 233 Å². The van der Waals surface area contributed by atoms with Gasteiger partial charge in [0.05, 0.1) is 12.1 Å². The van der Waals surface area contributed by atoms with Crippen LogP contribution >= 0.6 is 0 Å². The predicted octanol–water partition coefficient (Wildman–Crippen LogP) is 4.98. The number of rotatable bonds is 4. The van der Waals surface area contributed by atoms with E-state index in [2.05, 4.69) is 84.6 Å². The summed E-state index contributed by atoms with van der Waals surface area (Å²) in [6.45, 7) is 3.04. The van der Waals surface area contributed by atoms with Gasteiger partial charge in [-0.3, -0.25) is 4.90 Å². The molecular formula is C28H32F6N2O5. The van der Waals surface area contributed by atoms with Crippen molar-refractivity contribution < 1.29 is 51.3 Å². The van der Waals surface area contributed by atoms with Gasteiger partial charge in [0, 0.05) is 12.0 Å². The van der Waals surface area contributed by atoms with E-state index in [-0.39, 0.29) is 17.6 Å². The highest BCUT2D eigenvalue weighted by molar-refractivity contribution is 5.73. The number of fused-ring (bicyclic) bond motifs is 2. The average molecular weight is 591 g/mol. The number of carbonyl (C=O) groups is 2. The van der Waals surface area contributed by atoms with Crippen LogP contribution in [0.5, 0.6) is 0 Å². The molecule has 0 radical (unpaired) electrons. The highest BCUT2D eigenvalue weighted by Gasteiger charge is 2.53. The molecule has 0 aromatic heterocycles. The maximum absolute atomic E-state index is 11.3. The van der Waals surface area contributed by atoms with E-state index in [1.54, 1.807) is 0 Å². The van der Waals surface area contributed by atoms with Crippen molar-refractivity contribution in [2.24, 2.45) is 0 Å². The molecule has 7 nitrogen and oxygen atoms in total. The van der Waals surface area contributed by atoms with Crippen molar-refractivity contribution in [3.05, 3.63) is 77.4 Å². The molecule has 2 aromatic carbocycles. The Bertz CT molecular complexity index is 1150. The maximum Gasteiger partial charge on any atom is 0.490 e. The lowest BCUT2D eigenvalue weighted by molar-refractivity contribution is -0.193. The molecule has 0 bridgehead atoms. The number of carboxylic acids is 2. The zero-order chi connectivity index (χ0) is 31.0. The van der Waals surface area contributed by atoms with Crippen LogP contribution in [0.3, 0.4) is 0 Å². The molecule has 4 rings (SSSR count). The van der Waals surface area contributed by atoms with Gasteiger partial charge in [-0.15, -0.1) is 0 Å². The summed E-state index contributed by atoms with van der Waals surface area (Å²) >= 11 is 0. The van der Waals surface area contributed by atoms with Gasteiger partial charge >= 0.3 is 24.3 Å². The molecule has 1 fully saturated rings. The number of aliphatic hydroxyl groups is 1. The van der Waals surface area contributed by atoms with Gasteiger partial charge in [0.2, 0.25) is 0 Å². The van der Waals surface area contributed by atoms with Crippen LogP contribution in [0.2, 0.25) is 0 Å². The summed E-state index contributed by atoms with van der Waals surface area (Å²) in [5.74, 6) is -5.51. The number of likely N-dealkylation sites (tertiary alicyclic amines) is 1. The zero-order valence-electron chi connectivity index (χ0n) is 22.4. The number of aliphatic hydroxyl groups excluding tert-OH is 1. The molecule has 2 atom stereocenters. The fraction of sp³-hybridized carbons (Fsp3) is 0.429. The number of halogens is 6. The molecule has 1 aliphatic heterocycles. The second kappa shape index (κ2) is 14.0. The third kappa shape index (κ3) is 9.03. The maximum atomic E-state index is 11.3. The van der Waals surface area contributed by atoms with Crippen LogP contribution in [0.1, 0.15) is 35.6 Å². The van der Waals surface area contributed by atoms with Crippen molar-refractivity contribution in [3.8, 4) is 0 Å². The van der Waals surface area contributed by atoms with Gasteiger partial charge in [-0.05, 0) is 56.7 Å². The molecule has 1 saturated heterocycles. The number of hydrogen-bond donors (Lipinski definition) is 3. The van der Waals surface area contributed by atoms with E-state index >= 15 is 0 Å². The molecule has 0 amide bonds. The molecular weight excluding hydrogens is 558 g/mol. The molecule has 226 valence electrons. The smallest absolute Gasteiger partial charge is 0.475 e. The van der Waals surface area contributed by atoms with Gasteiger partial charge in [-0.1, -0.05) is 66.7 Å². The first-order valence-corrected chi connectivity index (χ1v) is 12.5. The Balaban J connectivity index is 0.000000349. The third-order valence-electron chi connectivity index (χ3n) is 6.94. The van der Waals surface area contributed by atoms with Gasteiger partial charge in [0.15, 0.2) is 0 Å². The molecule has 1 aliphatic carbocycles. The number of carboxylic acid groups (broad SMARTS) is 2. The Morgan fingerprint density at radius 2 is 1.37 bits per heavy atom. The van der Waals surface area contributed by atoms with E-state index in [0.29, 0.717) is 0 Å². The fourth-order valence-corrected chi connectivity index (χ4v) is 5.00. The molecule has 1 spiro atoms. The van der Waals surface area contributed by atoms with Gasteiger partial charge in [0.1, 0.15) is 0 Å². The topological polar surface area (TPSA) is 101 Å². The first kappa shape index (κ1) is 33.8. The second-order valence-corrected chi connectivity index (χ2v) is 9.82. The lowest BCUT2D eigenvalue weighted by Gasteiger charge is -2.43. The molecule has 1 heterocycles. The summed E-state index contributed by atoms with van der Waals surface area (Å²) in [5.41, 5.74) is 3.84. The van der Waals surface area contributed by atoms with Crippen LogP contribution in [0.4, 0.5) is 26.3 Å².